The third kappa shape index (κ3) is 3.83. The minimum atomic E-state index is -0.406. The Morgan fingerprint density at radius 2 is 1.84 bits per heavy atom. The molecule has 162 valence electrons. The van der Waals surface area contributed by atoms with E-state index in [1.54, 1.807) is 31.4 Å². The second kappa shape index (κ2) is 8.29. The molecule has 1 aromatic heterocycles. The van der Waals surface area contributed by atoms with E-state index in [1.165, 1.54) is 0 Å². The first kappa shape index (κ1) is 20.5. The molecule has 3 heterocycles. The first-order valence-electron chi connectivity index (χ1n) is 9.59. The van der Waals surface area contributed by atoms with Gasteiger partial charge in [0.25, 0.3) is 11.1 Å². The number of amides is 2. The number of halogens is 1. The molecule has 0 bridgehead atoms. The Morgan fingerprint density at radius 1 is 1.09 bits per heavy atom. The van der Waals surface area contributed by atoms with Crippen LogP contribution in [-0.4, -0.2) is 29.9 Å². The lowest BCUT2D eigenvalue weighted by Crippen LogP contribution is -2.27. The molecule has 2 aliphatic rings. The quantitative estimate of drug-likeness (QED) is 0.452. The van der Waals surface area contributed by atoms with Crippen LogP contribution in [0, 0.1) is 0 Å². The van der Waals surface area contributed by atoms with Gasteiger partial charge in [-0.3, -0.25) is 14.5 Å². The van der Waals surface area contributed by atoms with E-state index in [1.807, 2.05) is 30.3 Å². The molecule has 7 nitrogen and oxygen atoms in total. The molecule has 0 aliphatic carbocycles. The number of nitrogens with zero attached hydrogens (tertiary/aromatic N) is 1. The van der Waals surface area contributed by atoms with E-state index in [0.717, 1.165) is 28.0 Å². The summed E-state index contributed by atoms with van der Waals surface area (Å²) < 4.78 is 21.7. The minimum absolute atomic E-state index is 0.0345. The molecular weight excluding hydrogens is 454 g/mol. The van der Waals surface area contributed by atoms with Crippen molar-refractivity contribution in [3.05, 3.63) is 69.8 Å². The van der Waals surface area contributed by atoms with Gasteiger partial charge in [0, 0.05) is 22.7 Å². The highest BCUT2D eigenvalue weighted by molar-refractivity contribution is 8.18. The maximum Gasteiger partial charge on any atom is 0.293 e. The van der Waals surface area contributed by atoms with Crippen LogP contribution in [0.2, 0.25) is 5.02 Å². The fourth-order valence-corrected chi connectivity index (χ4v) is 4.39. The standard InChI is InChI=1S/C23H16ClNO6S/c1-28-15-4-2-13(3-5-15)18-7-6-16(31-18)9-21-22(26)25(23(27)32-21)11-14-8-19-20(10-17(14)24)30-12-29-19/h2-10H,11-12H2,1H3. The number of thioether (sulfide) groups is 1. The molecule has 2 amide bonds. The number of methoxy groups -OCH3 is 1. The molecule has 0 N–H and O–H groups in total. The van der Waals surface area contributed by atoms with Gasteiger partial charge in [0.2, 0.25) is 6.79 Å². The summed E-state index contributed by atoms with van der Waals surface area (Å²) in [5, 5.41) is 0.0179. The van der Waals surface area contributed by atoms with Gasteiger partial charge in [-0.2, -0.15) is 0 Å². The second-order valence-corrected chi connectivity index (χ2v) is 8.40. The van der Waals surface area contributed by atoms with Gasteiger partial charge in [0.1, 0.15) is 17.3 Å². The topological polar surface area (TPSA) is 78.2 Å². The van der Waals surface area contributed by atoms with Crippen LogP contribution in [0.3, 0.4) is 0 Å². The number of carbonyl (C=O) groups is 2. The van der Waals surface area contributed by atoms with Gasteiger partial charge in [-0.1, -0.05) is 11.6 Å². The van der Waals surface area contributed by atoms with E-state index in [9.17, 15) is 9.59 Å². The lowest BCUT2D eigenvalue weighted by Gasteiger charge is -2.14. The maximum atomic E-state index is 12.9. The summed E-state index contributed by atoms with van der Waals surface area (Å²) in [4.78, 5) is 26.8. The number of benzene rings is 2. The Labute approximate surface area is 192 Å². The molecule has 1 fully saturated rings. The van der Waals surface area contributed by atoms with Crippen LogP contribution in [0.15, 0.2) is 57.9 Å². The highest BCUT2D eigenvalue weighted by atomic mass is 35.5. The second-order valence-electron chi connectivity index (χ2n) is 7.00. The van der Waals surface area contributed by atoms with Crippen molar-refractivity contribution in [2.75, 3.05) is 13.9 Å². The minimum Gasteiger partial charge on any atom is -0.497 e. The first-order valence-corrected chi connectivity index (χ1v) is 10.8. The van der Waals surface area contributed by atoms with Gasteiger partial charge in [-0.05, 0) is 59.8 Å². The van der Waals surface area contributed by atoms with Crippen LogP contribution in [-0.2, 0) is 11.3 Å². The smallest absolute Gasteiger partial charge is 0.293 e. The van der Waals surface area contributed by atoms with Crippen molar-refractivity contribution in [1.29, 1.82) is 0 Å². The van der Waals surface area contributed by atoms with Crippen molar-refractivity contribution in [3.63, 3.8) is 0 Å². The van der Waals surface area contributed by atoms with Crippen molar-refractivity contribution >= 4 is 40.6 Å². The maximum absolute atomic E-state index is 12.9. The summed E-state index contributed by atoms with van der Waals surface area (Å²) in [7, 11) is 1.60. The summed E-state index contributed by atoms with van der Waals surface area (Å²) in [6.45, 7) is 0.147. The molecule has 9 heteroatoms. The van der Waals surface area contributed by atoms with E-state index in [4.69, 9.17) is 30.2 Å². The predicted octanol–water partition coefficient (Wildman–Crippen LogP) is 5.57. The van der Waals surface area contributed by atoms with Crippen molar-refractivity contribution in [3.8, 4) is 28.6 Å². The number of rotatable bonds is 5. The molecule has 0 unspecified atom stereocenters. The van der Waals surface area contributed by atoms with Gasteiger partial charge in [-0.15, -0.1) is 0 Å². The van der Waals surface area contributed by atoms with Crippen LogP contribution >= 0.6 is 23.4 Å². The van der Waals surface area contributed by atoms with E-state index in [-0.39, 0.29) is 23.5 Å². The van der Waals surface area contributed by atoms with Crippen LogP contribution < -0.4 is 14.2 Å². The number of ether oxygens (including phenoxy) is 3. The van der Waals surface area contributed by atoms with Crippen LogP contribution in [0.5, 0.6) is 17.2 Å². The summed E-state index contributed by atoms with van der Waals surface area (Å²) in [6, 6.07) is 14.3. The SMILES string of the molecule is COc1ccc(-c2ccc(C=C3SC(=O)N(Cc4cc5c(cc4Cl)OCO5)C3=O)o2)cc1. The zero-order chi connectivity index (χ0) is 22.2. The van der Waals surface area contributed by atoms with Crippen LogP contribution in [0.4, 0.5) is 4.79 Å². The van der Waals surface area contributed by atoms with E-state index >= 15 is 0 Å². The summed E-state index contributed by atoms with van der Waals surface area (Å²) >= 11 is 7.16. The summed E-state index contributed by atoms with van der Waals surface area (Å²) in [5.74, 6) is 2.53. The summed E-state index contributed by atoms with van der Waals surface area (Å²) in [6.07, 6.45) is 1.57. The zero-order valence-electron chi connectivity index (χ0n) is 16.8. The lowest BCUT2D eigenvalue weighted by atomic mass is 10.2. The molecule has 0 radical (unpaired) electrons. The molecule has 1 saturated heterocycles. The van der Waals surface area contributed by atoms with Gasteiger partial charge in [0.05, 0.1) is 18.6 Å². The highest BCUT2D eigenvalue weighted by Crippen LogP contribution is 2.39. The number of hydrogen-bond donors (Lipinski definition) is 0. The van der Waals surface area contributed by atoms with Crippen LogP contribution in [0.1, 0.15) is 11.3 Å². The summed E-state index contributed by atoms with van der Waals surface area (Å²) in [5.41, 5.74) is 1.47. The zero-order valence-corrected chi connectivity index (χ0v) is 18.4. The predicted molar refractivity (Wildman–Crippen MR) is 120 cm³/mol. The number of carbonyl (C=O) groups excluding carboxylic acids is 2. The Morgan fingerprint density at radius 3 is 2.59 bits per heavy atom. The Kier molecular flexibility index (Phi) is 5.32. The third-order valence-corrected chi connectivity index (χ3v) is 6.28. The van der Waals surface area contributed by atoms with E-state index < -0.39 is 5.91 Å². The Bertz CT molecular complexity index is 1250. The molecule has 0 spiro atoms. The molecule has 2 aromatic carbocycles. The molecule has 3 aromatic rings. The van der Waals surface area contributed by atoms with Gasteiger partial charge >= 0.3 is 0 Å². The normalized spacial score (nSPS) is 16.3. The first-order chi connectivity index (χ1) is 15.5. The molecule has 0 atom stereocenters. The van der Waals surface area contributed by atoms with E-state index in [0.29, 0.717) is 33.6 Å². The number of fused-ring (bicyclic) bond motifs is 1. The van der Waals surface area contributed by atoms with Crippen molar-refractivity contribution in [2.24, 2.45) is 0 Å². The fourth-order valence-electron chi connectivity index (χ4n) is 3.36. The van der Waals surface area contributed by atoms with Crippen molar-refractivity contribution in [2.45, 2.75) is 6.54 Å². The monoisotopic (exact) mass is 469 g/mol. The van der Waals surface area contributed by atoms with Crippen LogP contribution in [0.25, 0.3) is 17.4 Å². The van der Waals surface area contributed by atoms with Crippen molar-refractivity contribution < 1.29 is 28.2 Å². The van der Waals surface area contributed by atoms with Gasteiger partial charge in [0.15, 0.2) is 11.5 Å². The highest BCUT2D eigenvalue weighted by Gasteiger charge is 2.36. The Balaban J connectivity index is 1.34. The molecule has 0 saturated carbocycles. The van der Waals surface area contributed by atoms with E-state index in [2.05, 4.69) is 0 Å². The third-order valence-electron chi connectivity index (χ3n) is 5.02. The lowest BCUT2D eigenvalue weighted by molar-refractivity contribution is -0.123. The average molecular weight is 470 g/mol. The fraction of sp³-hybridized carbons (Fsp3) is 0.130. The van der Waals surface area contributed by atoms with Gasteiger partial charge < -0.3 is 18.6 Å². The molecule has 2 aliphatic heterocycles. The van der Waals surface area contributed by atoms with Crippen molar-refractivity contribution in [1.82, 2.24) is 4.90 Å². The Hall–Kier alpha value is -3.36. The number of hydrogen-bond acceptors (Lipinski definition) is 7. The molecule has 32 heavy (non-hydrogen) atoms. The number of furan rings is 1. The van der Waals surface area contributed by atoms with Gasteiger partial charge in [-0.25, -0.2) is 0 Å². The molecular formula is C23H16ClNO6S. The molecule has 5 rings (SSSR count). The number of imide groups is 1. The largest absolute Gasteiger partial charge is 0.497 e. The average Bonchev–Trinajstić information content (AvgIpc) is 3.51.